The van der Waals surface area contributed by atoms with Gasteiger partial charge in [0.1, 0.15) is 0 Å². The first kappa shape index (κ1) is 11.4. The summed E-state index contributed by atoms with van der Waals surface area (Å²) in [4.78, 5) is 3.60. The lowest BCUT2D eigenvalue weighted by molar-refractivity contribution is -0.147. The molecule has 7 heteroatoms. The largest absolute Gasteiger partial charge is 0.451 e. The maximum atomic E-state index is 12.5. The molecule has 1 aliphatic heterocycles. The predicted molar refractivity (Wildman–Crippen MR) is 50.8 cm³/mol. The summed E-state index contributed by atoms with van der Waals surface area (Å²) >= 11 is 0. The van der Waals surface area contributed by atoms with E-state index in [1.54, 1.807) is 0 Å². The SMILES string of the molecule is Cn1nc(C2CCNCC2)nc1C(F)(F)F. The molecule has 0 aliphatic carbocycles. The van der Waals surface area contributed by atoms with Gasteiger partial charge >= 0.3 is 6.18 Å². The number of nitrogens with one attached hydrogen (secondary N) is 1. The van der Waals surface area contributed by atoms with Gasteiger partial charge < -0.3 is 5.32 Å². The topological polar surface area (TPSA) is 42.7 Å². The molecule has 0 atom stereocenters. The van der Waals surface area contributed by atoms with Crippen molar-refractivity contribution in [3.63, 3.8) is 0 Å². The minimum Gasteiger partial charge on any atom is -0.317 e. The molecular weight excluding hydrogens is 221 g/mol. The van der Waals surface area contributed by atoms with Gasteiger partial charge in [-0.3, -0.25) is 0 Å². The highest BCUT2D eigenvalue weighted by molar-refractivity contribution is 5.03. The second-order valence-corrected chi connectivity index (χ2v) is 3.94. The monoisotopic (exact) mass is 234 g/mol. The van der Waals surface area contributed by atoms with E-state index in [0.29, 0.717) is 5.82 Å². The molecule has 2 rings (SSSR count). The van der Waals surface area contributed by atoms with Crippen LogP contribution < -0.4 is 5.32 Å². The highest BCUT2D eigenvalue weighted by atomic mass is 19.4. The van der Waals surface area contributed by atoms with Gasteiger partial charge in [-0.2, -0.15) is 18.3 Å². The molecule has 16 heavy (non-hydrogen) atoms. The third kappa shape index (κ3) is 2.18. The van der Waals surface area contributed by atoms with Crippen molar-refractivity contribution in [1.82, 2.24) is 20.1 Å². The summed E-state index contributed by atoms with van der Waals surface area (Å²) in [6, 6.07) is 0. The number of aromatic nitrogens is 3. The molecule has 0 bridgehead atoms. The van der Waals surface area contributed by atoms with Crippen molar-refractivity contribution < 1.29 is 13.2 Å². The van der Waals surface area contributed by atoms with Crippen LogP contribution in [0.15, 0.2) is 0 Å². The average Bonchev–Trinajstić information content (AvgIpc) is 2.61. The van der Waals surface area contributed by atoms with Crippen LogP contribution in [0, 0.1) is 0 Å². The molecule has 4 nitrogen and oxygen atoms in total. The van der Waals surface area contributed by atoms with E-state index in [9.17, 15) is 13.2 Å². The lowest BCUT2D eigenvalue weighted by atomic mass is 9.98. The fourth-order valence-corrected chi connectivity index (χ4v) is 1.90. The van der Waals surface area contributed by atoms with Crippen LogP contribution in [0.3, 0.4) is 0 Å². The number of aryl methyl sites for hydroxylation is 1. The molecule has 1 N–H and O–H groups in total. The molecule has 0 aromatic carbocycles. The number of piperidine rings is 1. The Bertz CT molecular complexity index is 365. The third-order valence-corrected chi connectivity index (χ3v) is 2.74. The average molecular weight is 234 g/mol. The van der Waals surface area contributed by atoms with Crippen LogP contribution in [0.4, 0.5) is 13.2 Å². The van der Waals surface area contributed by atoms with E-state index in [1.165, 1.54) is 7.05 Å². The minimum absolute atomic E-state index is 0.0450. The van der Waals surface area contributed by atoms with Gasteiger partial charge in [0.05, 0.1) is 0 Å². The molecule has 0 spiro atoms. The number of hydrogen-bond donors (Lipinski definition) is 1. The lowest BCUT2D eigenvalue weighted by Gasteiger charge is -2.19. The zero-order valence-corrected chi connectivity index (χ0v) is 8.88. The van der Waals surface area contributed by atoms with Gasteiger partial charge in [-0.1, -0.05) is 0 Å². The molecule has 0 radical (unpaired) electrons. The van der Waals surface area contributed by atoms with Crippen LogP contribution >= 0.6 is 0 Å². The Hall–Kier alpha value is -1.11. The quantitative estimate of drug-likeness (QED) is 0.796. The Morgan fingerprint density at radius 1 is 1.31 bits per heavy atom. The second-order valence-electron chi connectivity index (χ2n) is 3.94. The summed E-state index contributed by atoms with van der Waals surface area (Å²) in [6.07, 6.45) is -2.84. The standard InChI is InChI=1S/C9H13F3N4/c1-16-8(9(10,11)12)14-7(15-16)6-2-4-13-5-3-6/h6,13H,2-5H2,1H3. The van der Waals surface area contributed by atoms with E-state index in [0.717, 1.165) is 30.6 Å². The van der Waals surface area contributed by atoms with Crippen LogP contribution in [0.2, 0.25) is 0 Å². The highest BCUT2D eigenvalue weighted by Crippen LogP contribution is 2.30. The fraction of sp³-hybridized carbons (Fsp3) is 0.778. The number of halogens is 3. The van der Waals surface area contributed by atoms with Gasteiger partial charge in [0, 0.05) is 13.0 Å². The summed E-state index contributed by atoms with van der Waals surface area (Å²) in [5.74, 6) is -0.555. The predicted octanol–water partition coefficient (Wildman–Crippen LogP) is 1.30. The van der Waals surface area contributed by atoms with Crippen LogP contribution in [-0.4, -0.2) is 27.9 Å². The molecule has 1 aromatic rings. The summed E-state index contributed by atoms with van der Waals surface area (Å²) < 4.78 is 38.3. The van der Waals surface area contributed by atoms with Gasteiger partial charge in [0.15, 0.2) is 5.82 Å². The highest BCUT2D eigenvalue weighted by Gasteiger charge is 2.38. The maximum Gasteiger partial charge on any atom is 0.451 e. The Kier molecular flexibility index (Phi) is 2.88. The van der Waals surface area contributed by atoms with Crippen molar-refractivity contribution in [2.75, 3.05) is 13.1 Å². The van der Waals surface area contributed by atoms with E-state index in [-0.39, 0.29) is 5.92 Å². The maximum absolute atomic E-state index is 12.5. The van der Waals surface area contributed by atoms with Crippen molar-refractivity contribution in [3.05, 3.63) is 11.6 Å². The lowest BCUT2D eigenvalue weighted by Crippen LogP contribution is -2.27. The van der Waals surface area contributed by atoms with Crippen molar-refractivity contribution in [3.8, 4) is 0 Å². The molecule has 0 unspecified atom stereocenters. The number of rotatable bonds is 1. The summed E-state index contributed by atoms with van der Waals surface area (Å²) in [7, 11) is 1.28. The first-order valence-electron chi connectivity index (χ1n) is 5.17. The van der Waals surface area contributed by atoms with Gasteiger partial charge in [-0.15, -0.1) is 0 Å². The Morgan fingerprint density at radius 3 is 2.44 bits per heavy atom. The van der Waals surface area contributed by atoms with Crippen molar-refractivity contribution in [2.24, 2.45) is 7.05 Å². The van der Waals surface area contributed by atoms with Crippen LogP contribution in [0.25, 0.3) is 0 Å². The molecule has 1 saturated heterocycles. The van der Waals surface area contributed by atoms with Crippen molar-refractivity contribution >= 4 is 0 Å². The van der Waals surface area contributed by atoms with Gasteiger partial charge in [0.25, 0.3) is 0 Å². The van der Waals surface area contributed by atoms with Gasteiger partial charge in [-0.25, -0.2) is 9.67 Å². The molecule has 1 aromatic heterocycles. The van der Waals surface area contributed by atoms with Crippen molar-refractivity contribution in [1.29, 1.82) is 0 Å². The fourth-order valence-electron chi connectivity index (χ4n) is 1.90. The zero-order valence-electron chi connectivity index (χ0n) is 8.88. The molecule has 1 fully saturated rings. The summed E-state index contributed by atoms with van der Waals surface area (Å²) in [5, 5.41) is 7.01. The van der Waals surface area contributed by atoms with Crippen LogP contribution in [-0.2, 0) is 13.2 Å². The van der Waals surface area contributed by atoms with Gasteiger partial charge in [-0.05, 0) is 25.9 Å². The van der Waals surface area contributed by atoms with Crippen LogP contribution in [0.5, 0.6) is 0 Å². The van der Waals surface area contributed by atoms with E-state index >= 15 is 0 Å². The zero-order chi connectivity index (χ0) is 11.8. The summed E-state index contributed by atoms with van der Waals surface area (Å²) in [5.41, 5.74) is 0. The molecule has 0 saturated carbocycles. The Morgan fingerprint density at radius 2 is 1.94 bits per heavy atom. The first-order valence-corrected chi connectivity index (χ1v) is 5.17. The van der Waals surface area contributed by atoms with E-state index in [1.807, 2.05) is 0 Å². The smallest absolute Gasteiger partial charge is 0.317 e. The number of nitrogens with zero attached hydrogens (tertiary/aromatic N) is 3. The Balaban J connectivity index is 2.23. The third-order valence-electron chi connectivity index (χ3n) is 2.74. The molecule has 0 amide bonds. The molecule has 90 valence electrons. The molecule has 2 heterocycles. The Labute approximate surface area is 90.9 Å². The van der Waals surface area contributed by atoms with Crippen molar-refractivity contribution in [2.45, 2.75) is 24.9 Å². The molecule has 1 aliphatic rings. The van der Waals surface area contributed by atoms with Gasteiger partial charge in [0.2, 0.25) is 5.82 Å². The first-order chi connectivity index (χ1) is 7.48. The van der Waals surface area contributed by atoms with E-state index in [2.05, 4.69) is 15.4 Å². The minimum atomic E-state index is -4.42. The number of hydrogen-bond acceptors (Lipinski definition) is 3. The van der Waals surface area contributed by atoms with E-state index < -0.39 is 12.0 Å². The number of alkyl halides is 3. The van der Waals surface area contributed by atoms with Crippen LogP contribution in [0.1, 0.15) is 30.4 Å². The summed E-state index contributed by atoms with van der Waals surface area (Å²) in [6.45, 7) is 1.62. The second kappa shape index (κ2) is 4.04. The molecular formula is C9H13F3N4. The van der Waals surface area contributed by atoms with E-state index in [4.69, 9.17) is 0 Å². The normalized spacial score (nSPS) is 19.0.